The SMILES string of the molecule is CCCN(C)CCOc1ccc(Cc2c(-c3c(O)ccc4c3CCCC4)ccc(OC)c2N)cc1F. The Morgan fingerprint density at radius 2 is 1.81 bits per heavy atom. The van der Waals surface area contributed by atoms with Gasteiger partial charge < -0.3 is 25.2 Å². The standard InChI is InChI=1S/C30H37FN2O3/c1-4-15-33(2)16-17-36-27-13-9-20(19-25(27)31)18-24-23(11-14-28(35-3)30(24)32)29-22-8-6-5-7-21(22)10-12-26(29)34/h9-14,19,34H,4-8,15-18,32H2,1-3H3. The number of aromatic hydroxyl groups is 1. The summed E-state index contributed by atoms with van der Waals surface area (Å²) in [4.78, 5) is 2.16. The van der Waals surface area contributed by atoms with Gasteiger partial charge in [0.2, 0.25) is 0 Å². The number of nitrogen functional groups attached to an aromatic ring is 1. The molecule has 6 heteroatoms. The lowest BCUT2D eigenvalue weighted by molar-refractivity contribution is 0.231. The fraction of sp³-hybridized carbons (Fsp3) is 0.400. The molecule has 1 aliphatic carbocycles. The maximum absolute atomic E-state index is 14.9. The van der Waals surface area contributed by atoms with Crippen LogP contribution in [0.5, 0.6) is 17.2 Å². The highest BCUT2D eigenvalue weighted by Gasteiger charge is 2.22. The first-order valence-electron chi connectivity index (χ1n) is 12.8. The van der Waals surface area contributed by atoms with Crippen molar-refractivity contribution < 1.29 is 19.0 Å². The van der Waals surface area contributed by atoms with Crippen molar-refractivity contribution in [2.45, 2.75) is 45.4 Å². The van der Waals surface area contributed by atoms with Crippen LogP contribution in [0.2, 0.25) is 0 Å². The van der Waals surface area contributed by atoms with Crippen molar-refractivity contribution in [3.05, 3.63) is 70.5 Å². The number of aryl methyl sites for hydroxylation is 1. The van der Waals surface area contributed by atoms with Gasteiger partial charge in [0.05, 0.1) is 12.8 Å². The van der Waals surface area contributed by atoms with Gasteiger partial charge in [-0.3, -0.25) is 0 Å². The van der Waals surface area contributed by atoms with Crippen molar-refractivity contribution in [2.75, 3.05) is 39.6 Å². The molecule has 0 amide bonds. The third-order valence-corrected chi connectivity index (χ3v) is 7.03. The number of hydrogen-bond donors (Lipinski definition) is 2. The fourth-order valence-corrected chi connectivity index (χ4v) is 5.14. The topological polar surface area (TPSA) is 68.0 Å². The molecule has 5 nitrogen and oxygen atoms in total. The van der Waals surface area contributed by atoms with Gasteiger partial charge in [0, 0.05) is 18.5 Å². The third-order valence-electron chi connectivity index (χ3n) is 7.03. The molecule has 4 rings (SSSR count). The summed E-state index contributed by atoms with van der Waals surface area (Å²) >= 11 is 0. The highest BCUT2D eigenvalue weighted by molar-refractivity contribution is 5.83. The summed E-state index contributed by atoms with van der Waals surface area (Å²) < 4.78 is 26.1. The molecular formula is C30H37FN2O3. The average molecular weight is 493 g/mol. The second-order valence-electron chi connectivity index (χ2n) is 9.61. The largest absolute Gasteiger partial charge is 0.507 e. The maximum atomic E-state index is 14.9. The number of methoxy groups -OCH3 is 1. The highest BCUT2D eigenvalue weighted by atomic mass is 19.1. The van der Waals surface area contributed by atoms with Crippen molar-refractivity contribution in [1.82, 2.24) is 4.90 Å². The third kappa shape index (κ3) is 5.59. The van der Waals surface area contributed by atoms with Gasteiger partial charge in [0.15, 0.2) is 11.6 Å². The number of halogens is 1. The van der Waals surface area contributed by atoms with Gasteiger partial charge in [0.25, 0.3) is 0 Å². The lowest BCUT2D eigenvalue weighted by Gasteiger charge is -2.23. The summed E-state index contributed by atoms with van der Waals surface area (Å²) in [5, 5.41) is 10.9. The van der Waals surface area contributed by atoms with E-state index in [4.69, 9.17) is 15.2 Å². The van der Waals surface area contributed by atoms with E-state index >= 15 is 0 Å². The van der Waals surface area contributed by atoms with E-state index in [-0.39, 0.29) is 11.5 Å². The monoisotopic (exact) mass is 492 g/mol. The van der Waals surface area contributed by atoms with E-state index in [0.29, 0.717) is 24.5 Å². The molecule has 0 unspecified atom stereocenters. The minimum absolute atomic E-state index is 0.240. The number of hydrogen-bond acceptors (Lipinski definition) is 5. The zero-order chi connectivity index (χ0) is 25.7. The van der Waals surface area contributed by atoms with Crippen LogP contribution in [0.3, 0.4) is 0 Å². The molecule has 3 aromatic carbocycles. The summed E-state index contributed by atoms with van der Waals surface area (Å²) in [5.41, 5.74) is 12.8. The van der Waals surface area contributed by atoms with Crippen LogP contribution >= 0.6 is 0 Å². The zero-order valence-electron chi connectivity index (χ0n) is 21.6. The molecule has 0 saturated heterocycles. The predicted molar refractivity (Wildman–Crippen MR) is 144 cm³/mol. The average Bonchev–Trinajstić information content (AvgIpc) is 2.87. The minimum Gasteiger partial charge on any atom is -0.507 e. The second kappa shape index (κ2) is 11.7. The molecule has 1 aliphatic rings. The molecule has 0 aromatic heterocycles. The molecular weight excluding hydrogens is 455 g/mol. The summed E-state index contributed by atoms with van der Waals surface area (Å²) in [6.07, 6.45) is 5.63. The first-order chi connectivity index (χ1) is 17.4. The summed E-state index contributed by atoms with van der Waals surface area (Å²) in [5.74, 6) is 0.657. The predicted octanol–water partition coefficient (Wildman–Crippen LogP) is 5.98. The first-order valence-corrected chi connectivity index (χ1v) is 12.8. The number of ether oxygens (including phenoxy) is 2. The molecule has 0 fully saturated rings. The Kier molecular flexibility index (Phi) is 8.36. The second-order valence-corrected chi connectivity index (χ2v) is 9.61. The van der Waals surface area contributed by atoms with Crippen LogP contribution in [0, 0.1) is 5.82 Å². The number of fused-ring (bicyclic) bond motifs is 1. The van der Waals surface area contributed by atoms with E-state index in [1.807, 2.05) is 31.3 Å². The van der Waals surface area contributed by atoms with E-state index < -0.39 is 5.82 Å². The molecule has 3 N–H and O–H groups in total. The van der Waals surface area contributed by atoms with Gasteiger partial charge >= 0.3 is 0 Å². The summed E-state index contributed by atoms with van der Waals surface area (Å²) in [6, 6.07) is 12.6. The Labute approximate surface area is 213 Å². The van der Waals surface area contributed by atoms with Crippen LogP contribution in [-0.4, -0.2) is 43.9 Å². The van der Waals surface area contributed by atoms with Gasteiger partial charge in [-0.2, -0.15) is 0 Å². The molecule has 0 saturated carbocycles. The number of rotatable bonds is 10. The quantitative estimate of drug-likeness (QED) is 0.341. The molecule has 0 radical (unpaired) electrons. The molecule has 3 aromatic rings. The van der Waals surface area contributed by atoms with Crippen molar-refractivity contribution in [3.63, 3.8) is 0 Å². The Bertz CT molecular complexity index is 1210. The van der Waals surface area contributed by atoms with Crippen LogP contribution in [0.1, 0.15) is 48.4 Å². The Morgan fingerprint density at radius 3 is 2.56 bits per heavy atom. The van der Waals surface area contributed by atoms with Gasteiger partial charge in [-0.15, -0.1) is 0 Å². The number of phenolic OH excluding ortho intramolecular Hbond substituents is 1. The van der Waals surface area contributed by atoms with Crippen LogP contribution in [0.15, 0.2) is 42.5 Å². The summed E-state index contributed by atoms with van der Waals surface area (Å²) in [7, 11) is 3.62. The molecule has 0 heterocycles. The smallest absolute Gasteiger partial charge is 0.165 e. The van der Waals surface area contributed by atoms with Crippen LogP contribution in [-0.2, 0) is 19.3 Å². The maximum Gasteiger partial charge on any atom is 0.165 e. The van der Waals surface area contributed by atoms with Crippen molar-refractivity contribution in [3.8, 4) is 28.4 Å². The lowest BCUT2D eigenvalue weighted by atomic mass is 9.83. The van der Waals surface area contributed by atoms with Gasteiger partial charge in [-0.05, 0) is 97.8 Å². The Balaban J connectivity index is 1.65. The molecule has 192 valence electrons. The van der Waals surface area contributed by atoms with E-state index in [0.717, 1.165) is 67.4 Å². The fourth-order valence-electron chi connectivity index (χ4n) is 5.14. The van der Waals surface area contributed by atoms with Crippen LogP contribution < -0.4 is 15.2 Å². The normalized spacial score (nSPS) is 13.0. The van der Waals surface area contributed by atoms with Gasteiger partial charge in [0.1, 0.15) is 18.1 Å². The van der Waals surface area contributed by atoms with E-state index in [9.17, 15) is 9.50 Å². The molecule has 0 bridgehead atoms. The summed E-state index contributed by atoms with van der Waals surface area (Å²) in [6.45, 7) is 4.28. The molecule has 0 atom stereocenters. The Hall–Kier alpha value is -3.25. The number of anilines is 1. The molecule has 0 spiro atoms. The first kappa shape index (κ1) is 25.8. The van der Waals surface area contributed by atoms with Gasteiger partial charge in [-0.25, -0.2) is 4.39 Å². The zero-order valence-corrected chi connectivity index (χ0v) is 21.6. The van der Waals surface area contributed by atoms with Crippen LogP contribution in [0.4, 0.5) is 10.1 Å². The van der Waals surface area contributed by atoms with Crippen LogP contribution in [0.25, 0.3) is 11.1 Å². The number of benzene rings is 3. The lowest BCUT2D eigenvalue weighted by Crippen LogP contribution is -2.25. The van der Waals surface area contributed by atoms with E-state index in [2.05, 4.69) is 11.8 Å². The number of phenols is 1. The van der Waals surface area contributed by atoms with Crippen molar-refractivity contribution >= 4 is 5.69 Å². The minimum atomic E-state index is -0.395. The highest BCUT2D eigenvalue weighted by Crippen LogP contribution is 2.43. The number of nitrogens with zero attached hydrogens (tertiary/aromatic N) is 1. The van der Waals surface area contributed by atoms with E-state index in [1.165, 1.54) is 17.2 Å². The Morgan fingerprint density at radius 1 is 1.03 bits per heavy atom. The van der Waals surface area contributed by atoms with E-state index in [1.54, 1.807) is 19.2 Å². The number of likely N-dealkylation sites (N-methyl/N-ethyl adjacent to an activating group) is 1. The molecule has 0 aliphatic heterocycles. The molecule has 36 heavy (non-hydrogen) atoms. The van der Waals surface area contributed by atoms with Gasteiger partial charge in [-0.1, -0.05) is 25.1 Å². The van der Waals surface area contributed by atoms with Crippen molar-refractivity contribution in [1.29, 1.82) is 0 Å². The number of nitrogens with two attached hydrogens (primary N) is 1. The van der Waals surface area contributed by atoms with Crippen molar-refractivity contribution in [2.24, 2.45) is 0 Å².